The first-order valence-corrected chi connectivity index (χ1v) is 7.19. The van der Waals surface area contributed by atoms with Gasteiger partial charge in [-0.3, -0.25) is 14.4 Å². The highest BCUT2D eigenvalue weighted by molar-refractivity contribution is 5.93. The van der Waals surface area contributed by atoms with Crippen LogP contribution < -0.4 is 21.7 Å². The van der Waals surface area contributed by atoms with Gasteiger partial charge in [-0.05, 0) is 13.8 Å². The fraction of sp³-hybridized carbons (Fsp3) is 0.692. The molecule has 0 spiro atoms. The number of amides is 3. The zero-order chi connectivity index (χ0) is 18.9. The number of hydrogen-bond donors (Lipinski definition) is 7. The highest BCUT2D eigenvalue weighted by Gasteiger charge is 2.30. The molecule has 8 N–H and O–H groups in total. The maximum Gasteiger partial charge on any atom is 0.245 e. The van der Waals surface area contributed by atoms with E-state index in [1.807, 2.05) is 0 Å². The van der Waals surface area contributed by atoms with Crippen LogP contribution in [0, 0.1) is 0 Å². The molecule has 0 fully saturated rings. The normalized spacial score (nSPS) is 16.9. The lowest BCUT2D eigenvalue weighted by molar-refractivity contribution is -0.135. The number of rotatable bonds is 10. The van der Waals surface area contributed by atoms with Gasteiger partial charge in [-0.15, -0.1) is 0 Å². The number of carbonyl (C=O) groups excluding carboxylic acids is 4. The third kappa shape index (κ3) is 7.00. The van der Waals surface area contributed by atoms with Crippen molar-refractivity contribution in [3.05, 3.63) is 0 Å². The van der Waals surface area contributed by atoms with Gasteiger partial charge in [0.25, 0.3) is 0 Å². The first-order chi connectivity index (χ1) is 11.2. The van der Waals surface area contributed by atoms with Crippen LogP contribution in [0.3, 0.4) is 0 Å². The van der Waals surface area contributed by atoms with Crippen LogP contribution in [-0.2, 0) is 19.2 Å². The van der Waals surface area contributed by atoms with Gasteiger partial charge in [0.1, 0.15) is 24.4 Å². The second-order valence-electron chi connectivity index (χ2n) is 5.19. The van der Waals surface area contributed by atoms with Gasteiger partial charge in [0.05, 0.1) is 25.4 Å². The van der Waals surface area contributed by atoms with Gasteiger partial charge in [-0.1, -0.05) is 0 Å². The van der Waals surface area contributed by atoms with E-state index in [2.05, 4.69) is 16.0 Å². The topological polar surface area (TPSA) is 191 Å². The summed E-state index contributed by atoms with van der Waals surface area (Å²) < 4.78 is 0. The molecule has 0 aromatic carbocycles. The number of aldehydes is 1. The van der Waals surface area contributed by atoms with Crippen molar-refractivity contribution < 1.29 is 34.5 Å². The van der Waals surface area contributed by atoms with Crippen LogP contribution in [-0.4, -0.2) is 82.8 Å². The van der Waals surface area contributed by atoms with E-state index in [9.17, 15) is 29.4 Å². The van der Waals surface area contributed by atoms with Gasteiger partial charge < -0.3 is 41.8 Å². The van der Waals surface area contributed by atoms with Crippen molar-refractivity contribution in [3.8, 4) is 0 Å². The van der Waals surface area contributed by atoms with Crippen LogP contribution in [0.15, 0.2) is 0 Å². The quantitative estimate of drug-likeness (QED) is 0.192. The summed E-state index contributed by atoms with van der Waals surface area (Å²) in [6, 6.07) is -4.95. The predicted molar refractivity (Wildman–Crippen MR) is 81.4 cm³/mol. The minimum atomic E-state index is -1.47. The summed E-state index contributed by atoms with van der Waals surface area (Å²) in [6.07, 6.45) is -1.05. The van der Waals surface area contributed by atoms with Crippen LogP contribution in [0.4, 0.5) is 0 Å². The van der Waals surface area contributed by atoms with Crippen LogP contribution in [0.25, 0.3) is 0 Å². The molecule has 0 rings (SSSR count). The second-order valence-corrected chi connectivity index (χ2v) is 5.19. The lowest BCUT2D eigenvalue weighted by atomic mass is 10.1. The maximum atomic E-state index is 12.0. The third-order valence-electron chi connectivity index (χ3n) is 2.98. The highest BCUT2D eigenvalue weighted by atomic mass is 16.3. The summed E-state index contributed by atoms with van der Waals surface area (Å²) >= 11 is 0. The van der Waals surface area contributed by atoms with E-state index < -0.39 is 61.2 Å². The molecule has 5 atom stereocenters. The van der Waals surface area contributed by atoms with Crippen molar-refractivity contribution in [2.45, 2.75) is 44.1 Å². The first kappa shape index (κ1) is 21.9. The molecule has 0 saturated heterocycles. The summed E-state index contributed by atoms with van der Waals surface area (Å²) in [5, 5.41) is 34.1. The van der Waals surface area contributed by atoms with Crippen molar-refractivity contribution >= 4 is 24.0 Å². The Labute approximate surface area is 138 Å². The minimum Gasteiger partial charge on any atom is -0.394 e. The van der Waals surface area contributed by atoms with E-state index in [1.54, 1.807) is 0 Å². The zero-order valence-corrected chi connectivity index (χ0v) is 13.4. The van der Waals surface area contributed by atoms with Crippen LogP contribution in [0.5, 0.6) is 0 Å². The first-order valence-electron chi connectivity index (χ1n) is 7.19. The Bertz CT molecular complexity index is 456. The van der Waals surface area contributed by atoms with Crippen molar-refractivity contribution in [1.82, 2.24) is 16.0 Å². The summed E-state index contributed by atoms with van der Waals surface area (Å²) in [5.41, 5.74) is 5.34. The Kier molecular flexibility index (Phi) is 9.73. The van der Waals surface area contributed by atoms with E-state index in [4.69, 9.17) is 10.8 Å². The maximum absolute atomic E-state index is 12.0. The number of aliphatic hydroxyl groups is 3. The molecule has 0 aliphatic carbocycles. The molecule has 0 radical (unpaired) electrons. The molecule has 0 bridgehead atoms. The van der Waals surface area contributed by atoms with Gasteiger partial charge in [-0.25, -0.2) is 0 Å². The average molecular weight is 348 g/mol. The van der Waals surface area contributed by atoms with E-state index in [-0.39, 0.29) is 6.29 Å². The van der Waals surface area contributed by atoms with Crippen molar-refractivity contribution in [2.24, 2.45) is 5.73 Å². The molecule has 0 unspecified atom stereocenters. The number of aliphatic hydroxyl groups excluding tert-OH is 3. The standard InChI is InChI=1S/C13H24N4O7/c1-6(14)11(22)16-9(5-20)12(23)17-10(7(2)21)13(24)15-8(3-18)4-19/h3,6-10,19-21H,4-5,14H2,1-2H3,(H,15,24)(H,16,22)(H,17,23)/t6-,7+,8+,9-,10-/m0/s1. The number of nitrogens with two attached hydrogens (primary N) is 1. The van der Waals surface area contributed by atoms with Crippen molar-refractivity contribution in [3.63, 3.8) is 0 Å². The molecule has 11 heteroatoms. The van der Waals surface area contributed by atoms with Gasteiger partial charge in [0, 0.05) is 0 Å². The molecule has 0 aromatic heterocycles. The van der Waals surface area contributed by atoms with Gasteiger partial charge in [0.15, 0.2) is 0 Å². The van der Waals surface area contributed by atoms with Gasteiger partial charge in [-0.2, -0.15) is 0 Å². The Balaban J connectivity index is 4.96. The molecular weight excluding hydrogens is 324 g/mol. The molecular formula is C13H24N4O7. The van der Waals surface area contributed by atoms with E-state index >= 15 is 0 Å². The van der Waals surface area contributed by atoms with Gasteiger partial charge >= 0.3 is 0 Å². The van der Waals surface area contributed by atoms with Crippen LogP contribution >= 0.6 is 0 Å². The lowest BCUT2D eigenvalue weighted by Gasteiger charge is -2.25. The molecule has 0 saturated carbocycles. The zero-order valence-electron chi connectivity index (χ0n) is 13.4. The number of hydrogen-bond acceptors (Lipinski definition) is 8. The number of carbonyl (C=O) groups is 4. The largest absolute Gasteiger partial charge is 0.394 e. The summed E-state index contributed by atoms with van der Waals surface area (Å²) in [4.78, 5) is 46.1. The SMILES string of the molecule is C[C@H](N)C(=O)N[C@@H](CO)C(=O)N[C@H](C(=O)N[C@H](C=O)CO)[C@@H](C)O. The number of nitrogens with one attached hydrogen (secondary N) is 3. The minimum absolute atomic E-state index is 0.290. The van der Waals surface area contributed by atoms with Crippen LogP contribution in [0.1, 0.15) is 13.8 Å². The fourth-order valence-corrected chi connectivity index (χ4v) is 1.55. The Morgan fingerprint density at radius 3 is 1.96 bits per heavy atom. The molecule has 24 heavy (non-hydrogen) atoms. The third-order valence-corrected chi connectivity index (χ3v) is 2.98. The molecule has 0 heterocycles. The lowest BCUT2D eigenvalue weighted by Crippen LogP contribution is -2.60. The smallest absolute Gasteiger partial charge is 0.245 e. The van der Waals surface area contributed by atoms with Crippen molar-refractivity contribution in [1.29, 1.82) is 0 Å². The Morgan fingerprint density at radius 1 is 1.00 bits per heavy atom. The molecule has 3 amide bonds. The van der Waals surface area contributed by atoms with Crippen molar-refractivity contribution in [2.75, 3.05) is 13.2 Å². The molecule has 138 valence electrons. The predicted octanol–water partition coefficient (Wildman–Crippen LogP) is -4.65. The molecule has 0 aromatic rings. The van der Waals surface area contributed by atoms with E-state index in [0.717, 1.165) is 0 Å². The van der Waals surface area contributed by atoms with E-state index in [1.165, 1.54) is 13.8 Å². The van der Waals surface area contributed by atoms with E-state index in [0.29, 0.717) is 0 Å². The summed E-state index contributed by atoms with van der Waals surface area (Å²) in [6.45, 7) is 1.18. The molecule has 11 nitrogen and oxygen atoms in total. The monoisotopic (exact) mass is 348 g/mol. The van der Waals surface area contributed by atoms with Gasteiger partial charge in [0.2, 0.25) is 17.7 Å². The average Bonchev–Trinajstić information content (AvgIpc) is 2.53. The Morgan fingerprint density at radius 2 is 1.58 bits per heavy atom. The summed E-state index contributed by atoms with van der Waals surface area (Å²) in [5.74, 6) is -2.54. The van der Waals surface area contributed by atoms with Crippen LogP contribution in [0.2, 0.25) is 0 Å². The molecule has 0 aliphatic heterocycles. The summed E-state index contributed by atoms with van der Waals surface area (Å²) in [7, 11) is 0. The Hall–Kier alpha value is -2.08. The second kappa shape index (κ2) is 10.6. The highest BCUT2D eigenvalue weighted by Crippen LogP contribution is 1.97. The molecule has 0 aliphatic rings. The fourth-order valence-electron chi connectivity index (χ4n) is 1.55.